The number of nitrogens with one attached hydrogen (secondary N) is 1. The highest BCUT2D eigenvalue weighted by Crippen LogP contribution is 2.22. The molecule has 5 nitrogen and oxygen atoms in total. The van der Waals surface area contributed by atoms with Crippen molar-refractivity contribution in [1.29, 1.82) is 0 Å². The number of ether oxygens (including phenoxy) is 1. The number of nitrogens with two attached hydrogens (primary N) is 1. The Morgan fingerprint density at radius 3 is 2.37 bits per heavy atom. The normalized spacial score (nSPS) is 19.3. The molecule has 0 aromatic heterocycles. The van der Waals surface area contributed by atoms with Crippen molar-refractivity contribution in [1.82, 2.24) is 4.72 Å². The third-order valence-electron chi connectivity index (χ3n) is 3.52. The second-order valence-electron chi connectivity index (χ2n) is 5.02. The first-order valence-corrected chi connectivity index (χ1v) is 7.84. The van der Waals surface area contributed by atoms with Gasteiger partial charge >= 0.3 is 0 Å². The molecule has 0 amide bonds. The minimum atomic E-state index is -3.53. The summed E-state index contributed by atoms with van der Waals surface area (Å²) in [5, 5.41) is 0. The summed E-state index contributed by atoms with van der Waals surface area (Å²) in [6, 6.07) is 6.80. The van der Waals surface area contributed by atoms with Crippen molar-refractivity contribution in [3.63, 3.8) is 0 Å². The van der Waals surface area contributed by atoms with Gasteiger partial charge in [-0.15, -0.1) is 0 Å². The van der Waals surface area contributed by atoms with Crippen molar-refractivity contribution < 1.29 is 13.2 Å². The first-order valence-electron chi connectivity index (χ1n) is 6.36. The summed E-state index contributed by atoms with van der Waals surface area (Å²) in [7, 11) is -3.53. The van der Waals surface area contributed by atoms with Gasteiger partial charge in [0.1, 0.15) is 0 Å². The molecule has 3 N–H and O–H groups in total. The van der Waals surface area contributed by atoms with Crippen molar-refractivity contribution >= 4 is 10.0 Å². The first kappa shape index (κ1) is 14.5. The van der Waals surface area contributed by atoms with E-state index in [4.69, 9.17) is 10.5 Å². The van der Waals surface area contributed by atoms with E-state index >= 15 is 0 Å². The Balaban J connectivity index is 2.22. The number of benzene rings is 1. The molecule has 1 aliphatic heterocycles. The fourth-order valence-corrected chi connectivity index (χ4v) is 3.64. The van der Waals surface area contributed by atoms with Crippen molar-refractivity contribution in [2.45, 2.75) is 30.2 Å². The summed E-state index contributed by atoms with van der Waals surface area (Å²) in [5.41, 5.74) is 6.21. The maximum Gasteiger partial charge on any atom is 0.241 e. The summed E-state index contributed by atoms with van der Waals surface area (Å²) >= 11 is 0. The Bertz CT molecular complexity index is 519. The van der Waals surface area contributed by atoms with Gasteiger partial charge in [0.25, 0.3) is 0 Å². The van der Waals surface area contributed by atoms with Crippen molar-refractivity contribution in [2.75, 3.05) is 19.8 Å². The molecule has 1 aromatic rings. The maximum absolute atomic E-state index is 12.4. The number of hydrogen-bond acceptors (Lipinski definition) is 4. The molecule has 1 aliphatic rings. The van der Waals surface area contributed by atoms with E-state index < -0.39 is 15.6 Å². The predicted molar refractivity (Wildman–Crippen MR) is 73.3 cm³/mol. The molecule has 1 aromatic carbocycles. The van der Waals surface area contributed by atoms with Crippen LogP contribution < -0.4 is 10.5 Å². The number of aryl methyl sites for hydroxylation is 1. The van der Waals surface area contributed by atoms with Gasteiger partial charge < -0.3 is 10.5 Å². The molecule has 19 heavy (non-hydrogen) atoms. The van der Waals surface area contributed by atoms with Gasteiger partial charge in [-0.1, -0.05) is 17.7 Å². The average Bonchev–Trinajstić information content (AvgIpc) is 2.40. The molecular formula is C13H20N2O3S. The molecular weight excluding hydrogens is 264 g/mol. The second kappa shape index (κ2) is 5.58. The van der Waals surface area contributed by atoms with Crippen molar-refractivity contribution in [3.8, 4) is 0 Å². The fourth-order valence-electron chi connectivity index (χ4n) is 2.17. The zero-order valence-corrected chi connectivity index (χ0v) is 11.9. The van der Waals surface area contributed by atoms with Gasteiger partial charge in [-0.2, -0.15) is 0 Å². The van der Waals surface area contributed by atoms with E-state index in [1.165, 1.54) is 0 Å². The zero-order valence-electron chi connectivity index (χ0n) is 11.1. The molecule has 0 saturated carbocycles. The fraction of sp³-hybridized carbons (Fsp3) is 0.538. The largest absolute Gasteiger partial charge is 0.381 e. The molecule has 1 fully saturated rings. The molecule has 0 bridgehead atoms. The highest BCUT2D eigenvalue weighted by atomic mass is 32.2. The Labute approximate surface area is 114 Å². The Kier molecular flexibility index (Phi) is 4.25. The third kappa shape index (κ3) is 3.33. The van der Waals surface area contributed by atoms with Crippen LogP contribution in [0.1, 0.15) is 18.4 Å². The molecule has 0 spiro atoms. The minimum absolute atomic E-state index is 0.275. The van der Waals surface area contributed by atoms with Crippen LogP contribution in [0.25, 0.3) is 0 Å². The lowest BCUT2D eigenvalue weighted by molar-refractivity contribution is 0.0502. The number of sulfonamides is 1. The van der Waals surface area contributed by atoms with Crippen LogP contribution in [0.5, 0.6) is 0 Å². The minimum Gasteiger partial charge on any atom is -0.381 e. The smallest absolute Gasteiger partial charge is 0.241 e. The van der Waals surface area contributed by atoms with Crippen molar-refractivity contribution in [3.05, 3.63) is 29.8 Å². The van der Waals surface area contributed by atoms with Crippen LogP contribution in [0, 0.1) is 6.92 Å². The Hall–Kier alpha value is -0.950. The molecule has 0 aliphatic carbocycles. The van der Waals surface area contributed by atoms with Gasteiger partial charge in [0, 0.05) is 25.3 Å². The van der Waals surface area contributed by atoms with Gasteiger partial charge in [-0.25, -0.2) is 13.1 Å². The van der Waals surface area contributed by atoms with Crippen LogP contribution in [-0.4, -0.2) is 33.7 Å². The van der Waals surface area contributed by atoms with E-state index in [-0.39, 0.29) is 11.4 Å². The van der Waals surface area contributed by atoms with Crippen LogP contribution in [0.4, 0.5) is 0 Å². The van der Waals surface area contributed by atoms with Gasteiger partial charge in [0.15, 0.2) is 0 Å². The van der Waals surface area contributed by atoms with Crippen LogP contribution in [0.2, 0.25) is 0 Å². The molecule has 0 radical (unpaired) electrons. The predicted octanol–water partition coefficient (Wildman–Crippen LogP) is 0.781. The van der Waals surface area contributed by atoms with Gasteiger partial charge in [-0.3, -0.25) is 0 Å². The summed E-state index contributed by atoms with van der Waals surface area (Å²) in [6.45, 7) is 3.27. The van der Waals surface area contributed by atoms with E-state index in [1.54, 1.807) is 24.3 Å². The monoisotopic (exact) mass is 284 g/mol. The second-order valence-corrected chi connectivity index (χ2v) is 6.70. The van der Waals surface area contributed by atoms with Crippen LogP contribution in [0.3, 0.4) is 0 Å². The summed E-state index contributed by atoms with van der Waals surface area (Å²) < 4.78 is 32.8. The molecule has 0 unspecified atom stereocenters. The van der Waals surface area contributed by atoms with E-state index in [0.717, 1.165) is 5.56 Å². The van der Waals surface area contributed by atoms with E-state index in [9.17, 15) is 8.42 Å². The molecule has 106 valence electrons. The van der Waals surface area contributed by atoms with Crippen molar-refractivity contribution in [2.24, 2.45) is 5.73 Å². The number of hydrogen-bond donors (Lipinski definition) is 2. The molecule has 1 saturated heterocycles. The molecule has 6 heteroatoms. The van der Waals surface area contributed by atoms with Gasteiger partial charge in [0.2, 0.25) is 10.0 Å². The lowest BCUT2D eigenvalue weighted by Crippen LogP contribution is -2.56. The molecule has 0 atom stereocenters. The Morgan fingerprint density at radius 2 is 1.84 bits per heavy atom. The van der Waals surface area contributed by atoms with Crippen LogP contribution in [-0.2, 0) is 14.8 Å². The lowest BCUT2D eigenvalue weighted by atomic mass is 9.92. The SMILES string of the molecule is Cc1ccc(S(=O)(=O)NC2(CN)CCOCC2)cc1. The van der Waals surface area contributed by atoms with E-state index in [1.807, 2.05) is 6.92 Å². The lowest BCUT2D eigenvalue weighted by Gasteiger charge is -2.36. The summed E-state index contributed by atoms with van der Waals surface area (Å²) in [4.78, 5) is 0.275. The van der Waals surface area contributed by atoms with E-state index in [0.29, 0.717) is 26.1 Å². The van der Waals surface area contributed by atoms with E-state index in [2.05, 4.69) is 4.72 Å². The maximum atomic E-state index is 12.4. The first-order chi connectivity index (χ1) is 8.97. The summed E-state index contributed by atoms with van der Waals surface area (Å²) in [6.07, 6.45) is 1.21. The number of rotatable bonds is 4. The highest BCUT2D eigenvalue weighted by molar-refractivity contribution is 7.89. The highest BCUT2D eigenvalue weighted by Gasteiger charge is 2.35. The third-order valence-corrected chi connectivity index (χ3v) is 5.12. The molecule has 1 heterocycles. The zero-order chi connectivity index (χ0) is 13.9. The van der Waals surface area contributed by atoms with Gasteiger partial charge in [-0.05, 0) is 31.9 Å². The van der Waals surface area contributed by atoms with Crippen LogP contribution in [0.15, 0.2) is 29.2 Å². The Morgan fingerprint density at radius 1 is 1.26 bits per heavy atom. The molecule has 2 rings (SSSR count). The quantitative estimate of drug-likeness (QED) is 0.856. The van der Waals surface area contributed by atoms with Gasteiger partial charge in [0.05, 0.1) is 4.90 Å². The van der Waals surface area contributed by atoms with Crippen LogP contribution >= 0.6 is 0 Å². The average molecular weight is 284 g/mol. The summed E-state index contributed by atoms with van der Waals surface area (Å²) in [5.74, 6) is 0. The topological polar surface area (TPSA) is 81.4 Å². The standard InChI is InChI=1S/C13H20N2O3S/c1-11-2-4-12(5-3-11)19(16,17)15-13(10-14)6-8-18-9-7-13/h2-5,15H,6-10,14H2,1H3.